The van der Waals surface area contributed by atoms with Gasteiger partial charge < -0.3 is 19.9 Å². The third kappa shape index (κ3) is 1.65. The minimum absolute atomic E-state index is 0.128. The second kappa shape index (κ2) is 4.42. The van der Waals surface area contributed by atoms with Gasteiger partial charge in [-0.1, -0.05) is 5.92 Å². The monoisotopic (exact) mass is 276 g/mol. The summed E-state index contributed by atoms with van der Waals surface area (Å²) in [5, 5.41) is 23.3. The average molecular weight is 276 g/mol. The van der Waals surface area contributed by atoms with E-state index in [0.29, 0.717) is 5.69 Å². The van der Waals surface area contributed by atoms with Crippen LogP contribution in [0.2, 0.25) is 0 Å². The molecule has 2 aromatic heterocycles. The van der Waals surface area contributed by atoms with E-state index in [9.17, 15) is 15.0 Å². The molecule has 0 amide bonds. The quantitative estimate of drug-likeness (QED) is 0.582. The first-order chi connectivity index (χ1) is 9.61. The highest BCUT2D eigenvalue weighted by atomic mass is 16.5. The lowest BCUT2D eigenvalue weighted by Gasteiger charge is -2.23. The van der Waals surface area contributed by atoms with Crippen LogP contribution in [0.3, 0.4) is 0 Å². The van der Waals surface area contributed by atoms with Crippen molar-refractivity contribution in [3.8, 4) is 12.3 Å². The summed E-state index contributed by atoms with van der Waals surface area (Å²) in [6.45, 7) is -0.494. The highest BCUT2D eigenvalue weighted by molar-refractivity contribution is 5.36. The van der Waals surface area contributed by atoms with Gasteiger partial charge in [0, 0.05) is 6.42 Å². The molecule has 0 spiro atoms. The minimum atomic E-state index is -1.43. The number of hydrogen-bond acceptors (Lipinski definition) is 6. The second-order valence-electron chi connectivity index (χ2n) is 4.59. The van der Waals surface area contributed by atoms with E-state index in [-0.39, 0.29) is 17.6 Å². The van der Waals surface area contributed by atoms with Crippen LogP contribution in [0.1, 0.15) is 18.2 Å². The predicted molar refractivity (Wildman–Crippen MR) is 66.7 cm³/mol. The minimum Gasteiger partial charge on any atom is -0.392 e. The number of aliphatic hydroxyl groups excluding tert-OH is 2. The van der Waals surface area contributed by atoms with Crippen LogP contribution in [-0.2, 0) is 4.74 Å². The molecule has 0 aromatic carbocycles. The first kappa shape index (κ1) is 12.8. The average Bonchev–Trinajstić information content (AvgIpc) is 3.01. The predicted octanol–water partition coefficient (Wildman–Crippen LogP) is -1.40. The van der Waals surface area contributed by atoms with E-state index in [1.165, 1.54) is 17.0 Å². The third-order valence-corrected chi connectivity index (χ3v) is 3.47. The molecular weight excluding hydrogens is 264 g/mol. The number of H-pyrrole nitrogens is 1. The van der Waals surface area contributed by atoms with E-state index in [4.69, 9.17) is 11.2 Å². The molecule has 1 aliphatic rings. The Balaban J connectivity index is 2.04. The summed E-state index contributed by atoms with van der Waals surface area (Å²) < 4.78 is 6.94. The summed E-state index contributed by atoms with van der Waals surface area (Å²) in [5.74, 6) is 2.29. The van der Waals surface area contributed by atoms with Gasteiger partial charge in [0.25, 0.3) is 5.56 Å². The van der Waals surface area contributed by atoms with Gasteiger partial charge in [0.05, 0.1) is 24.6 Å². The summed E-state index contributed by atoms with van der Waals surface area (Å²) in [5.41, 5.74) is -1.19. The topological polar surface area (TPSA) is 113 Å². The fourth-order valence-electron chi connectivity index (χ4n) is 2.34. The molecular formula is C12H12N4O4. The fourth-order valence-corrected chi connectivity index (χ4v) is 2.34. The Labute approximate surface area is 113 Å². The number of ether oxygens (including phenoxy) is 1. The van der Waals surface area contributed by atoms with Gasteiger partial charge in [0.1, 0.15) is 12.4 Å². The van der Waals surface area contributed by atoms with Crippen molar-refractivity contribution in [3.05, 3.63) is 28.6 Å². The van der Waals surface area contributed by atoms with Gasteiger partial charge in [-0.25, -0.2) is 9.50 Å². The molecule has 3 N–H and O–H groups in total. The third-order valence-electron chi connectivity index (χ3n) is 3.47. The van der Waals surface area contributed by atoms with Crippen LogP contribution in [-0.4, -0.2) is 48.1 Å². The maximum atomic E-state index is 11.6. The maximum absolute atomic E-state index is 11.6. The maximum Gasteiger partial charge on any atom is 0.294 e. The largest absolute Gasteiger partial charge is 0.392 e. The summed E-state index contributed by atoms with van der Waals surface area (Å²) in [6, 6.07) is 0. The SMILES string of the molecule is C#C[C@]1(CO)O[C@@H](c2cnc3c(=O)[nH]cnn23)C[C@@H]1O. The smallest absolute Gasteiger partial charge is 0.294 e. The lowest BCUT2D eigenvalue weighted by atomic mass is 9.98. The lowest BCUT2D eigenvalue weighted by Crippen LogP contribution is -2.41. The normalized spacial score (nSPS) is 29.6. The van der Waals surface area contributed by atoms with Gasteiger partial charge in [-0.15, -0.1) is 6.42 Å². The molecule has 104 valence electrons. The lowest BCUT2D eigenvalue weighted by molar-refractivity contribution is -0.0732. The van der Waals surface area contributed by atoms with Crippen LogP contribution in [0.15, 0.2) is 17.3 Å². The van der Waals surface area contributed by atoms with Gasteiger partial charge >= 0.3 is 0 Å². The second-order valence-corrected chi connectivity index (χ2v) is 4.59. The Bertz CT molecular complexity index is 746. The van der Waals surface area contributed by atoms with Gasteiger partial charge in [-0.3, -0.25) is 4.79 Å². The Morgan fingerprint density at radius 2 is 2.50 bits per heavy atom. The van der Waals surface area contributed by atoms with Crippen LogP contribution < -0.4 is 5.56 Å². The van der Waals surface area contributed by atoms with Crippen LogP contribution in [0, 0.1) is 12.3 Å². The Morgan fingerprint density at radius 1 is 1.70 bits per heavy atom. The number of imidazole rings is 1. The molecule has 2 aromatic rings. The number of aromatic nitrogens is 4. The number of aliphatic hydroxyl groups is 2. The van der Waals surface area contributed by atoms with E-state index in [1.54, 1.807) is 0 Å². The van der Waals surface area contributed by atoms with Gasteiger partial charge in [-0.2, -0.15) is 5.10 Å². The van der Waals surface area contributed by atoms with Crippen molar-refractivity contribution in [2.75, 3.05) is 6.61 Å². The first-order valence-corrected chi connectivity index (χ1v) is 5.97. The molecule has 0 unspecified atom stereocenters. The molecule has 3 rings (SSSR count). The van der Waals surface area contributed by atoms with Gasteiger partial charge in [0.15, 0.2) is 5.60 Å². The van der Waals surface area contributed by atoms with Crippen molar-refractivity contribution >= 4 is 5.65 Å². The van der Waals surface area contributed by atoms with E-state index in [0.717, 1.165) is 0 Å². The zero-order chi connectivity index (χ0) is 14.3. The number of nitrogens with zero attached hydrogens (tertiary/aromatic N) is 3. The number of terminal acetylenes is 1. The molecule has 1 fully saturated rings. The van der Waals surface area contributed by atoms with Crippen LogP contribution in [0.5, 0.6) is 0 Å². The number of aromatic amines is 1. The Hall–Kier alpha value is -2.21. The molecule has 8 heteroatoms. The van der Waals surface area contributed by atoms with Crippen molar-refractivity contribution in [2.24, 2.45) is 0 Å². The molecule has 0 saturated carbocycles. The zero-order valence-electron chi connectivity index (χ0n) is 10.4. The first-order valence-electron chi connectivity index (χ1n) is 5.97. The van der Waals surface area contributed by atoms with Gasteiger partial charge in [-0.05, 0) is 0 Å². The molecule has 3 heterocycles. The van der Waals surface area contributed by atoms with Crippen molar-refractivity contribution in [2.45, 2.75) is 24.2 Å². The van der Waals surface area contributed by atoms with Crippen LogP contribution in [0.25, 0.3) is 5.65 Å². The Kier molecular flexibility index (Phi) is 2.83. The number of fused-ring (bicyclic) bond motifs is 1. The number of hydrogen-bond donors (Lipinski definition) is 3. The summed E-state index contributed by atoms with van der Waals surface area (Å²) in [6.07, 6.45) is 6.60. The molecule has 20 heavy (non-hydrogen) atoms. The number of nitrogens with one attached hydrogen (secondary N) is 1. The van der Waals surface area contributed by atoms with Crippen molar-refractivity contribution in [3.63, 3.8) is 0 Å². The highest BCUT2D eigenvalue weighted by Crippen LogP contribution is 2.39. The molecule has 8 nitrogen and oxygen atoms in total. The fraction of sp³-hybridized carbons (Fsp3) is 0.417. The summed E-state index contributed by atoms with van der Waals surface area (Å²) in [7, 11) is 0. The molecule has 0 bridgehead atoms. The number of rotatable bonds is 2. The summed E-state index contributed by atoms with van der Waals surface area (Å²) >= 11 is 0. The zero-order valence-corrected chi connectivity index (χ0v) is 10.4. The van der Waals surface area contributed by atoms with E-state index < -0.39 is 24.4 Å². The van der Waals surface area contributed by atoms with Crippen molar-refractivity contribution in [1.82, 2.24) is 19.6 Å². The van der Waals surface area contributed by atoms with Crippen LogP contribution >= 0.6 is 0 Å². The molecule has 1 aliphatic heterocycles. The Morgan fingerprint density at radius 3 is 3.15 bits per heavy atom. The molecule has 0 aliphatic carbocycles. The molecule has 3 atom stereocenters. The van der Waals surface area contributed by atoms with E-state index >= 15 is 0 Å². The van der Waals surface area contributed by atoms with Crippen LogP contribution in [0.4, 0.5) is 0 Å². The van der Waals surface area contributed by atoms with E-state index in [1.807, 2.05) is 0 Å². The van der Waals surface area contributed by atoms with Crippen molar-refractivity contribution in [1.29, 1.82) is 0 Å². The molecule has 0 radical (unpaired) electrons. The highest BCUT2D eigenvalue weighted by Gasteiger charge is 2.48. The summed E-state index contributed by atoms with van der Waals surface area (Å²) in [4.78, 5) is 18.0. The van der Waals surface area contributed by atoms with E-state index in [2.05, 4.69) is 21.0 Å². The standard InChI is InChI=1S/C12H12N4O4/c1-2-12(5-17)9(18)3-8(20-12)7-4-13-10-11(19)14-6-15-16(7)10/h1,4,6,8-9,17-18H,3,5H2,(H,14,15,19)/t8-,9+,12-/m1/s1. The van der Waals surface area contributed by atoms with Crippen molar-refractivity contribution < 1.29 is 14.9 Å². The molecule has 1 saturated heterocycles. The van der Waals surface area contributed by atoms with Gasteiger partial charge in [0.2, 0.25) is 5.65 Å².